The molecule has 2 aromatic rings. The molecule has 1 unspecified atom stereocenters. The van der Waals surface area contributed by atoms with Gasteiger partial charge in [0.15, 0.2) is 0 Å². The van der Waals surface area contributed by atoms with Gasteiger partial charge in [-0.15, -0.1) is 11.3 Å². The van der Waals surface area contributed by atoms with Crippen molar-refractivity contribution >= 4 is 39.0 Å². The van der Waals surface area contributed by atoms with Gasteiger partial charge in [-0.3, -0.25) is 10.1 Å². The molecule has 25 heavy (non-hydrogen) atoms. The van der Waals surface area contributed by atoms with Gasteiger partial charge in [0.1, 0.15) is 16.2 Å². The summed E-state index contributed by atoms with van der Waals surface area (Å²) in [6.45, 7) is 1.19. The number of thiazole rings is 1. The fourth-order valence-corrected chi connectivity index (χ4v) is 4.12. The van der Waals surface area contributed by atoms with Gasteiger partial charge in [0.25, 0.3) is 5.69 Å². The number of nitrogens with zero attached hydrogens (tertiary/aromatic N) is 3. The van der Waals surface area contributed by atoms with E-state index in [1.54, 1.807) is 13.2 Å². The molecule has 0 aliphatic carbocycles. The smallest absolute Gasteiger partial charge is 0.404 e. The number of methoxy groups -OCH3 is 1. The number of anilines is 1. The Kier molecular flexibility index (Phi) is 5.00. The number of hydrogen-bond acceptors (Lipinski definition) is 7. The molecule has 1 fully saturated rings. The minimum Gasteiger partial charge on any atom is -0.465 e. The Morgan fingerprint density at radius 2 is 2.40 bits per heavy atom. The van der Waals surface area contributed by atoms with Crippen molar-refractivity contribution in [2.45, 2.75) is 25.5 Å². The first-order valence-corrected chi connectivity index (χ1v) is 8.62. The van der Waals surface area contributed by atoms with Gasteiger partial charge in [0.05, 0.1) is 16.2 Å². The minimum atomic E-state index is -1.10. The molecule has 2 heterocycles. The number of nitro groups is 1. The number of ether oxygens (including phenoxy) is 1. The molecule has 1 saturated heterocycles. The Bertz CT molecular complexity index is 809. The Hall–Kier alpha value is -2.46. The zero-order valence-electron chi connectivity index (χ0n) is 13.6. The van der Waals surface area contributed by atoms with Crippen LogP contribution in [0.15, 0.2) is 12.1 Å². The molecule has 0 saturated carbocycles. The van der Waals surface area contributed by atoms with Crippen LogP contribution in [0, 0.1) is 10.1 Å². The Morgan fingerprint density at radius 3 is 3.08 bits per heavy atom. The molecule has 1 aromatic heterocycles. The molecule has 1 amide bonds. The van der Waals surface area contributed by atoms with Gasteiger partial charge < -0.3 is 20.1 Å². The molecule has 9 nitrogen and oxygen atoms in total. The fourth-order valence-electron chi connectivity index (χ4n) is 3.18. The van der Waals surface area contributed by atoms with E-state index in [0.29, 0.717) is 24.4 Å². The van der Waals surface area contributed by atoms with E-state index in [0.717, 1.165) is 22.5 Å². The van der Waals surface area contributed by atoms with Crippen LogP contribution in [0.3, 0.4) is 0 Å². The van der Waals surface area contributed by atoms with Crippen LogP contribution in [0.2, 0.25) is 0 Å². The molecule has 1 atom stereocenters. The van der Waals surface area contributed by atoms with Crippen LogP contribution >= 0.6 is 11.3 Å². The van der Waals surface area contributed by atoms with Crippen molar-refractivity contribution in [1.29, 1.82) is 0 Å². The molecule has 0 radical (unpaired) electrons. The van der Waals surface area contributed by atoms with Crippen molar-refractivity contribution < 1.29 is 19.6 Å². The first kappa shape index (κ1) is 17.4. The maximum absolute atomic E-state index is 11.5. The van der Waals surface area contributed by atoms with Crippen LogP contribution in [0.4, 0.5) is 16.2 Å². The highest BCUT2D eigenvalue weighted by atomic mass is 32.1. The quantitative estimate of drug-likeness (QED) is 0.596. The summed E-state index contributed by atoms with van der Waals surface area (Å²) < 4.78 is 5.96. The summed E-state index contributed by atoms with van der Waals surface area (Å²) in [7, 11) is 1.57. The minimum absolute atomic E-state index is 0.0102. The lowest BCUT2D eigenvalue weighted by molar-refractivity contribution is -0.384. The number of amides is 1. The van der Waals surface area contributed by atoms with Crippen molar-refractivity contribution in [3.8, 4) is 0 Å². The second-order valence-electron chi connectivity index (χ2n) is 5.75. The van der Waals surface area contributed by atoms with Crippen LogP contribution < -0.4 is 10.2 Å². The first-order chi connectivity index (χ1) is 12.0. The van der Waals surface area contributed by atoms with E-state index < -0.39 is 11.0 Å². The van der Waals surface area contributed by atoms with Crippen molar-refractivity contribution in [3.63, 3.8) is 0 Å². The number of hydrogen-bond donors (Lipinski definition) is 2. The van der Waals surface area contributed by atoms with E-state index >= 15 is 0 Å². The van der Waals surface area contributed by atoms with Crippen molar-refractivity contribution in [3.05, 3.63) is 27.3 Å². The number of aromatic nitrogens is 1. The van der Waals surface area contributed by atoms with Gasteiger partial charge in [-0.2, -0.15) is 0 Å². The van der Waals surface area contributed by atoms with Crippen molar-refractivity contribution in [2.75, 3.05) is 25.1 Å². The Balaban J connectivity index is 2.06. The summed E-state index contributed by atoms with van der Waals surface area (Å²) in [5.74, 6) is 0. The lowest BCUT2D eigenvalue weighted by Gasteiger charge is -2.26. The van der Waals surface area contributed by atoms with E-state index in [1.807, 2.05) is 4.90 Å². The summed E-state index contributed by atoms with van der Waals surface area (Å²) in [5.41, 5.74) is 1.04. The second kappa shape index (κ2) is 7.19. The Morgan fingerprint density at radius 1 is 1.60 bits per heavy atom. The average molecular weight is 366 g/mol. The predicted molar refractivity (Wildman–Crippen MR) is 93.4 cm³/mol. The van der Waals surface area contributed by atoms with Crippen LogP contribution in [0.5, 0.6) is 0 Å². The van der Waals surface area contributed by atoms with Crippen molar-refractivity contribution in [2.24, 2.45) is 0 Å². The second-order valence-corrected chi connectivity index (χ2v) is 6.87. The zero-order valence-corrected chi connectivity index (χ0v) is 14.4. The molecule has 2 N–H and O–H groups in total. The molecule has 1 aliphatic heterocycles. The molecule has 10 heteroatoms. The van der Waals surface area contributed by atoms with Crippen molar-refractivity contribution in [1.82, 2.24) is 10.3 Å². The fraction of sp³-hybridized carbons (Fsp3) is 0.467. The molecule has 1 aromatic carbocycles. The number of benzene rings is 1. The summed E-state index contributed by atoms with van der Waals surface area (Å²) in [5, 5.41) is 23.5. The molecule has 0 spiro atoms. The van der Waals surface area contributed by atoms with Gasteiger partial charge in [-0.1, -0.05) is 0 Å². The predicted octanol–water partition coefficient (Wildman–Crippen LogP) is 2.59. The third-order valence-electron chi connectivity index (χ3n) is 4.17. The summed E-state index contributed by atoms with van der Waals surface area (Å²) in [4.78, 5) is 28.4. The van der Waals surface area contributed by atoms with Crippen LogP contribution in [0.25, 0.3) is 10.2 Å². The number of carboxylic acid groups (broad SMARTS) is 1. The number of fused-ring (bicyclic) bond motifs is 1. The van der Waals surface area contributed by atoms with Gasteiger partial charge in [0, 0.05) is 32.3 Å². The molecule has 134 valence electrons. The molecule has 3 rings (SSSR count). The Labute approximate surface area is 147 Å². The van der Waals surface area contributed by atoms with Gasteiger partial charge in [-0.25, -0.2) is 9.78 Å². The van der Waals surface area contributed by atoms with Crippen LogP contribution in [-0.2, 0) is 11.3 Å². The standard InChI is InChI=1S/C15H18N4O5S/c1-24-8-12-17-13-11(25-12)5-4-10(19(22)23)14(13)18-6-2-3-9(18)7-16-15(20)21/h4-5,9,16H,2-3,6-8H2,1H3,(H,20,21). The molecular formula is C15H18N4O5S. The van der Waals surface area contributed by atoms with E-state index in [2.05, 4.69) is 10.3 Å². The number of nitrogens with one attached hydrogen (secondary N) is 1. The van der Waals surface area contributed by atoms with Gasteiger partial charge in [-0.05, 0) is 18.9 Å². The first-order valence-electron chi connectivity index (χ1n) is 7.80. The number of carbonyl (C=O) groups is 1. The normalized spacial score (nSPS) is 17.2. The monoisotopic (exact) mass is 366 g/mol. The highest BCUT2D eigenvalue weighted by Gasteiger charge is 2.32. The highest BCUT2D eigenvalue weighted by Crippen LogP contribution is 2.41. The third kappa shape index (κ3) is 3.49. The molecule has 1 aliphatic rings. The van der Waals surface area contributed by atoms with E-state index in [1.165, 1.54) is 17.4 Å². The highest BCUT2D eigenvalue weighted by molar-refractivity contribution is 7.18. The van der Waals surface area contributed by atoms with Gasteiger partial charge >= 0.3 is 6.09 Å². The summed E-state index contributed by atoms with van der Waals surface area (Å²) >= 11 is 1.44. The average Bonchev–Trinajstić information content (AvgIpc) is 3.17. The lowest BCUT2D eigenvalue weighted by atomic mass is 10.1. The summed E-state index contributed by atoms with van der Waals surface area (Å²) in [6, 6.07) is 3.06. The zero-order chi connectivity index (χ0) is 18.0. The topological polar surface area (TPSA) is 118 Å². The van der Waals surface area contributed by atoms with E-state index in [4.69, 9.17) is 9.84 Å². The van der Waals surface area contributed by atoms with E-state index in [-0.39, 0.29) is 18.3 Å². The maximum atomic E-state index is 11.5. The molecule has 0 bridgehead atoms. The van der Waals surface area contributed by atoms with E-state index in [9.17, 15) is 14.9 Å². The SMILES string of the molecule is COCc1nc2c(N3CCCC3CNC(=O)O)c([N+](=O)[O-])ccc2s1. The number of rotatable bonds is 6. The van der Waals surface area contributed by atoms with Crippen LogP contribution in [0.1, 0.15) is 17.8 Å². The maximum Gasteiger partial charge on any atom is 0.404 e. The van der Waals surface area contributed by atoms with Crippen LogP contribution in [-0.4, -0.2) is 47.3 Å². The third-order valence-corrected chi connectivity index (χ3v) is 5.17. The molecular weight excluding hydrogens is 348 g/mol. The largest absolute Gasteiger partial charge is 0.465 e. The van der Waals surface area contributed by atoms with Gasteiger partial charge in [0.2, 0.25) is 0 Å². The summed E-state index contributed by atoms with van der Waals surface area (Å²) in [6.07, 6.45) is 0.507. The number of nitro benzene ring substituents is 1. The lowest BCUT2D eigenvalue weighted by Crippen LogP contribution is -2.40.